The van der Waals surface area contributed by atoms with Gasteiger partial charge in [0.25, 0.3) is 5.91 Å². The highest BCUT2D eigenvalue weighted by molar-refractivity contribution is 9.10. The summed E-state index contributed by atoms with van der Waals surface area (Å²) in [6, 6.07) is 7.05. The van der Waals surface area contributed by atoms with Crippen molar-refractivity contribution < 1.29 is 4.79 Å². The number of anilines is 2. The van der Waals surface area contributed by atoms with Gasteiger partial charge in [-0.1, -0.05) is 15.9 Å². The van der Waals surface area contributed by atoms with Crippen molar-refractivity contribution in [3.8, 4) is 0 Å². The molecule has 4 N–H and O–H groups in total. The maximum absolute atomic E-state index is 12.2. The zero-order valence-electron chi connectivity index (χ0n) is 11.2. The highest BCUT2D eigenvalue weighted by atomic mass is 79.9. The molecule has 0 spiro atoms. The van der Waals surface area contributed by atoms with Crippen LogP contribution in [0.5, 0.6) is 0 Å². The predicted octanol–water partition coefficient (Wildman–Crippen LogP) is 3.00. The Labute approximate surface area is 125 Å². The van der Waals surface area contributed by atoms with Gasteiger partial charge in [-0.25, -0.2) is 10.8 Å². The van der Waals surface area contributed by atoms with E-state index in [4.69, 9.17) is 5.84 Å². The number of benzene rings is 1. The van der Waals surface area contributed by atoms with Gasteiger partial charge in [-0.05, 0) is 49.2 Å². The topological polar surface area (TPSA) is 80.0 Å². The maximum atomic E-state index is 12.2. The number of nitrogens with zero attached hydrogens (tertiary/aromatic N) is 1. The van der Waals surface area contributed by atoms with Crippen molar-refractivity contribution in [1.82, 2.24) is 4.98 Å². The van der Waals surface area contributed by atoms with Gasteiger partial charge in [0, 0.05) is 21.9 Å². The molecule has 1 aromatic carbocycles. The molecule has 2 rings (SSSR count). The molecule has 0 bridgehead atoms. The van der Waals surface area contributed by atoms with Crippen LogP contribution in [0.1, 0.15) is 21.5 Å². The number of hydrogen-bond acceptors (Lipinski definition) is 4. The lowest BCUT2D eigenvalue weighted by Crippen LogP contribution is -2.14. The second-order valence-electron chi connectivity index (χ2n) is 4.45. The van der Waals surface area contributed by atoms with E-state index in [1.165, 1.54) is 6.20 Å². The summed E-state index contributed by atoms with van der Waals surface area (Å²) in [5.74, 6) is 5.52. The molecule has 0 fully saturated rings. The van der Waals surface area contributed by atoms with Crippen LogP contribution in [0.15, 0.2) is 34.9 Å². The second-order valence-corrected chi connectivity index (χ2v) is 5.25. The average Bonchev–Trinajstić information content (AvgIpc) is 2.44. The fraction of sp³-hybridized carbons (Fsp3) is 0.143. The molecule has 0 aliphatic heterocycles. The first-order chi connectivity index (χ1) is 9.51. The number of hydrogen-bond donors (Lipinski definition) is 3. The van der Waals surface area contributed by atoms with E-state index in [0.29, 0.717) is 11.4 Å². The van der Waals surface area contributed by atoms with Crippen molar-refractivity contribution in [3.63, 3.8) is 0 Å². The van der Waals surface area contributed by atoms with Gasteiger partial charge >= 0.3 is 0 Å². The third-order valence-electron chi connectivity index (χ3n) is 2.86. The van der Waals surface area contributed by atoms with Crippen LogP contribution in [-0.4, -0.2) is 10.9 Å². The normalized spacial score (nSPS) is 10.2. The van der Waals surface area contributed by atoms with E-state index in [0.717, 1.165) is 21.3 Å². The van der Waals surface area contributed by atoms with Gasteiger partial charge in [0.2, 0.25) is 0 Å². The number of carbonyl (C=O) groups is 1. The molecule has 20 heavy (non-hydrogen) atoms. The number of halogens is 1. The molecule has 1 aromatic heterocycles. The van der Waals surface area contributed by atoms with Gasteiger partial charge in [-0.2, -0.15) is 0 Å². The first-order valence-corrected chi connectivity index (χ1v) is 6.81. The Hall–Kier alpha value is -1.92. The lowest BCUT2D eigenvalue weighted by molar-refractivity contribution is 0.102. The summed E-state index contributed by atoms with van der Waals surface area (Å²) in [4.78, 5) is 16.1. The second kappa shape index (κ2) is 6.02. The molecule has 1 heterocycles. The first-order valence-electron chi connectivity index (χ1n) is 6.02. The monoisotopic (exact) mass is 334 g/mol. The highest BCUT2D eigenvalue weighted by Crippen LogP contribution is 2.25. The molecule has 0 unspecified atom stereocenters. The largest absolute Gasteiger partial charge is 0.322 e. The zero-order valence-corrected chi connectivity index (χ0v) is 12.8. The molecule has 0 radical (unpaired) electrons. The zero-order chi connectivity index (χ0) is 14.7. The van der Waals surface area contributed by atoms with Gasteiger partial charge in [0.1, 0.15) is 5.82 Å². The SMILES string of the molecule is Cc1cc(NC(=O)c2ccnc(NN)c2)cc(C)c1Br. The number of aromatic nitrogens is 1. The number of aryl methyl sites for hydroxylation is 2. The first kappa shape index (κ1) is 14.5. The molecule has 0 aliphatic rings. The van der Waals surface area contributed by atoms with Crippen LogP contribution in [-0.2, 0) is 0 Å². The van der Waals surface area contributed by atoms with E-state index < -0.39 is 0 Å². The van der Waals surface area contributed by atoms with Crippen molar-refractivity contribution in [2.45, 2.75) is 13.8 Å². The molecule has 2 aromatic rings. The maximum Gasteiger partial charge on any atom is 0.255 e. The van der Waals surface area contributed by atoms with Crippen LogP contribution in [0.3, 0.4) is 0 Å². The van der Waals surface area contributed by atoms with E-state index >= 15 is 0 Å². The minimum atomic E-state index is -0.204. The number of nitrogens with two attached hydrogens (primary N) is 1. The standard InChI is InChI=1S/C14H15BrN4O/c1-8-5-11(6-9(2)13(8)15)18-14(20)10-3-4-17-12(7-10)19-16/h3-7H,16H2,1-2H3,(H,17,19)(H,18,20). The average molecular weight is 335 g/mol. The Bertz CT molecular complexity index is 634. The fourth-order valence-electron chi connectivity index (χ4n) is 1.87. The molecule has 0 atom stereocenters. The van der Waals surface area contributed by atoms with Crippen LogP contribution in [0.2, 0.25) is 0 Å². The summed E-state index contributed by atoms with van der Waals surface area (Å²) in [7, 11) is 0. The summed E-state index contributed by atoms with van der Waals surface area (Å²) < 4.78 is 1.05. The highest BCUT2D eigenvalue weighted by Gasteiger charge is 2.09. The number of nitrogens with one attached hydrogen (secondary N) is 2. The molecule has 0 saturated carbocycles. The number of nitrogen functional groups attached to an aromatic ring is 1. The van der Waals surface area contributed by atoms with Crippen LogP contribution in [0.25, 0.3) is 0 Å². The quantitative estimate of drug-likeness (QED) is 0.595. The molecule has 0 aliphatic carbocycles. The van der Waals surface area contributed by atoms with E-state index in [1.807, 2.05) is 26.0 Å². The van der Waals surface area contributed by atoms with Crippen LogP contribution >= 0.6 is 15.9 Å². The van der Waals surface area contributed by atoms with Crippen molar-refractivity contribution in [3.05, 3.63) is 51.6 Å². The minimum absolute atomic E-state index is 0.204. The number of amides is 1. The van der Waals surface area contributed by atoms with Gasteiger partial charge in [-0.15, -0.1) is 0 Å². The van der Waals surface area contributed by atoms with Crippen molar-refractivity contribution >= 4 is 33.3 Å². The summed E-state index contributed by atoms with van der Waals surface area (Å²) in [5.41, 5.74) is 5.80. The molecule has 0 saturated heterocycles. The van der Waals surface area contributed by atoms with Crippen LogP contribution < -0.4 is 16.6 Å². The smallest absolute Gasteiger partial charge is 0.255 e. The Morgan fingerprint density at radius 1 is 1.25 bits per heavy atom. The molecular formula is C14H15BrN4O. The third-order valence-corrected chi connectivity index (χ3v) is 4.12. The predicted molar refractivity (Wildman–Crippen MR) is 83.6 cm³/mol. The van der Waals surface area contributed by atoms with E-state index in [-0.39, 0.29) is 5.91 Å². The molecule has 104 valence electrons. The summed E-state index contributed by atoms with van der Waals surface area (Å²) in [6.07, 6.45) is 1.53. The van der Waals surface area contributed by atoms with E-state index in [9.17, 15) is 4.79 Å². The Balaban J connectivity index is 2.23. The van der Waals surface area contributed by atoms with Crippen molar-refractivity contribution in [1.29, 1.82) is 0 Å². The van der Waals surface area contributed by atoms with Crippen molar-refractivity contribution in [2.75, 3.05) is 10.7 Å². The number of carbonyl (C=O) groups excluding carboxylic acids is 1. The molecule has 6 heteroatoms. The Morgan fingerprint density at radius 3 is 2.50 bits per heavy atom. The number of pyridine rings is 1. The lowest BCUT2D eigenvalue weighted by atomic mass is 10.1. The third kappa shape index (κ3) is 3.15. The van der Waals surface area contributed by atoms with E-state index in [1.54, 1.807) is 12.1 Å². The van der Waals surface area contributed by atoms with Gasteiger partial charge < -0.3 is 10.7 Å². The number of hydrazine groups is 1. The van der Waals surface area contributed by atoms with Crippen LogP contribution in [0, 0.1) is 13.8 Å². The Kier molecular flexibility index (Phi) is 4.36. The summed E-state index contributed by atoms with van der Waals surface area (Å²) in [5, 5.41) is 2.86. The molecular weight excluding hydrogens is 320 g/mol. The van der Waals surface area contributed by atoms with Crippen LogP contribution in [0.4, 0.5) is 11.5 Å². The number of rotatable bonds is 3. The Morgan fingerprint density at radius 2 is 1.90 bits per heavy atom. The minimum Gasteiger partial charge on any atom is -0.322 e. The van der Waals surface area contributed by atoms with Gasteiger partial charge in [-0.3, -0.25) is 4.79 Å². The summed E-state index contributed by atoms with van der Waals surface area (Å²) in [6.45, 7) is 3.96. The van der Waals surface area contributed by atoms with Gasteiger partial charge in [0.15, 0.2) is 0 Å². The fourth-order valence-corrected chi connectivity index (χ4v) is 2.10. The van der Waals surface area contributed by atoms with Crippen molar-refractivity contribution in [2.24, 2.45) is 5.84 Å². The lowest BCUT2D eigenvalue weighted by Gasteiger charge is -2.10. The molecule has 1 amide bonds. The molecule has 5 nitrogen and oxygen atoms in total. The van der Waals surface area contributed by atoms with E-state index in [2.05, 4.69) is 31.7 Å². The summed E-state index contributed by atoms with van der Waals surface area (Å²) >= 11 is 3.50. The van der Waals surface area contributed by atoms with Gasteiger partial charge in [0.05, 0.1) is 0 Å².